The summed E-state index contributed by atoms with van der Waals surface area (Å²) in [6.07, 6.45) is 3.06. The van der Waals surface area contributed by atoms with E-state index in [1.54, 1.807) is 30.3 Å². The van der Waals surface area contributed by atoms with Crippen LogP contribution in [0, 0.1) is 11.3 Å². The van der Waals surface area contributed by atoms with Crippen LogP contribution < -0.4 is 10.9 Å². The molecule has 0 atom stereocenters. The van der Waals surface area contributed by atoms with E-state index in [0.717, 1.165) is 17.6 Å². The number of hydrazone groups is 2. The molecule has 0 fully saturated rings. The second kappa shape index (κ2) is 9.18. The molecule has 6 nitrogen and oxygen atoms in total. The predicted molar refractivity (Wildman–Crippen MR) is 112 cm³/mol. The van der Waals surface area contributed by atoms with Gasteiger partial charge in [0.2, 0.25) is 5.71 Å². The molecule has 0 spiro atoms. The molecule has 8 heteroatoms. The predicted octanol–water partition coefficient (Wildman–Crippen LogP) is 4.33. The van der Waals surface area contributed by atoms with E-state index in [1.807, 2.05) is 24.3 Å². The van der Waals surface area contributed by atoms with Crippen LogP contribution in [-0.2, 0) is 11.2 Å². The molecule has 2 aromatic carbocycles. The van der Waals surface area contributed by atoms with Crippen molar-refractivity contribution in [3.63, 3.8) is 0 Å². The summed E-state index contributed by atoms with van der Waals surface area (Å²) >= 11 is 12.2. The molecule has 0 unspecified atom stereocenters. The zero-order chi connectivity index (χ0) is 19.9. The van der Waals surface area contributed by atoms with Gasteiger partial charge in [-0.1, -0.05) is 47.5 Å². The first-order valence-corrected chi connectivity index (χ1v) is 9.14. The molecule has 0 heterocycles. The summed E-state index contributed by atoms with van der Waals surface area (Å²) in [7, 11) is 0. The Morgan fingerprint density at radius 1 is 1.11 bits per heavy atom. The van der Waals surface area contributed by atoms with Crippen LogP contribution in [0.15, 0.2) is 64.3 Å². The molecule has 1 amide bonds. The number of nitrogens with zero attached hydrogens (tertiary/aromatic N) is 3. The third-order valence-corrected chi connectivity index (χ3v) is 4.75. The molecule has 2 aromatic rings. The number of hydrogen-bond acceptors (Lipinski definition) is 5. The standard InChI is InChI=1S/C20H15Cl2N5O/c21-15-7-9-16(10-8-15)25-26-18(11-23)20(28)27-24-12-14-6-5-13-3-1-2-4-17(13)19(14)22/h1-4,7-10,12,25H,5-6H2,(H,27,28)/b24-12+,26-18+. The van der Waals surface area contributed by atoms with Crippen LogP contribution in [0.5, 0.6) is 0 Å². The second-order valence-corrected chi connectivity index (χ2v) is 6.70. The highest BCUT2D eigenvalue weighted by Crippen LogP contribution is 2.32. The molecule has 2 N–H and O–H groups in total. The van der Waals surface area contributed by atoms with Crippen molar-refractivity contribution in [2.45, 2.75) is 12.8 Å². The lowest BCUT2D eigenvalue weighted by atomic mass is 9.92. The van der Waals surface area contributed by atoms with Crippen molar-refractivity contribution < 1.29 is 4.79 Å². The fourth-order valence-electron chi connectivity index (χ4n) is 2.62. The number of amides is 1. The number of fused-ring (bicyclic) bond motifs is 1. The second-order valence-electron chi connectivity index (χ2n) is 5.89. The van der Waals surface area contributed by atoms with E-state index in [1.165, 1.54) is 11.8 Å². The van der Waals surface area contributed by atoms with Gasteiger partial charge in [0.15, 0.2) is 0 Å². The van der Waals surface area contributed by atoms with Crippen molar-refractivity contribution >= 4 is 51.8 Å². The number of nitriles is 1. The molecule has 0 saturated heterocycles. The summed E-state index contributed by atoms with van der Waals surface area (Å²) in [6.45, 7) is 0. The molecule has 0 aliphatic heterocycles. The molecule has 3 rings (SSSR count). The Morgan fingerprint density at radius 2 is 1.86 bits per heavy atom. The number of aryl methyl sites for hydroxylation is 1. The molecule has 140 valence electrons. The number of halogens is 2. The van der Waals surface area contributed by atoms with Crippen LogP contribution in [0.3, 0.4) is 0 Å². The molecule has 1 aliphatic carbocycles. The Balaban J connectivity index is 1.64. The fourth-order valence-corrected chi connectivity index (χ4v) is 3.07. The minimum absolute atomic E-state index is 0.360. The topological polar surface area (TPSA) is 89.6 Å². The molecular weight excluding hydrogens is 397 g/mol. The molecule has 0 aromatic heterocycles. The van der Waals surface area contributed by atoms with E-state index >= 15 is 0 Å². The van der Waals surface area contributed by atoms with Crippen LogP contribution in [0.4, 0.5) is 5.69 Å². The van der Waals surface area contributed by atoms with Crippen molar-refractivity contribution in [3.8, 4) is 6.07 Å². The summed E-state index contributed by atoms with van der Waals surface area (Å²) in [5.41, 5.74) is 8.11. The SMILES string of the molecule is N#C/C(=N\Nc1ccc(Cl)cc1)C(=O)N/N=C/C1=C(Cl)c2ccccc2CC1. The molecule has 1 aliphatic rings. The maximum absolute atomic E-state index is 12.1. The Bertz CT molecular complexity index is 1020. The summed E-state index contributed by atoms with van der Waals surface area (Å²) < 4.78 is 0. The van der Waals surface area contributed by atoms with Gasteiger partial charge in [-0.3, -0.25) is 10.2 Å². The van der Waals surface area contributed by atoms with Crippen molar-refractivity contribution in [3.05, 3.63) is 70.3 Å². The summed E-state index contributed by atoms with van der Waals surface area (Å²) in [6, 6.07) is 16.3. The number of allylic oxidation sites excluding steroid dienone is 1. The third kappa shape index (κ3) is 4.77. The van der Waals surface area contributed by atoms with Crippen molar-refractivity contribution in [1.82, 2.24) is 5.43 Å². The van der Waals surface area contributed by atoms with Gasteiger partial charge in [0, 0.05) is 5.02 Å². The van der Waals surface area contributed by atoms with Crippen LogP contribution >= 0.6 is 23.2 Å². The van der Waals surface area contributed by atoms with E-state index in [-0.39, 0.29) is 5.71 Å². The fraction of sp³-hybridized carbons (Fsp3) is 0.100. The van der Waals surface area contributed by atoms with E-state index in [0.29, 0.717) is 22.2 Å². The smallest absolute Gasteiger partial charge is 0.277 e. The van der Waals surface area contributed by atoms with Crippen LogP contribution in [0.2, 0.25) is 5.02 Å². The Hall–Kier alpha value is -3.14. The maximum Gasteiger partial charge on any atom is 0.302 e. The number of carbonyl (C=O) groups excluding carboxylic acids is 1. The van der Waals surface area contributed by atoms with Gasteiger partial charge in [-0.2, -0.15) is 15.5 Å². The average Bonchev–Trinajstić information content (AvgIpc) is 2.71. The largest absolute Gasteiger partial charge is 0.302 e. The molecule has 0 bridgehead atoms. The van der Waals surface area contributed by atoms with Gasteiger partial charge in [0.25, 0.3) is 0 Å². The quantitative estimate of drug-likeness (QED) is 0.566. The summed E-state index contributed by atoms with van der Waals surface area (Å²) in [4.78, 5) is 12.1. The number of rotatable bonds is 5. The maximum atomic E-state index is 12.1. The minimum Gasteiger partial charge on any atom is -0.277 e. The van der Waals surface area contributed by atoms with Gasteiger partial charge < -0.3 is 0 Å². The molecule has 0 saturated carbocycles. The first-order chi connectivity index (χ1) is 13.6. The van der Waals surface area contributed by atoms with Crippen LogP contribution in [0.1, 0.15) is 17.5 Å². The Labute approximate surface area is 172 Å². The van der Waals surface area contributed by atoms with Crippen LogP contribution in [-0.4, -0.2) is 17.8 Å². The highest BCUT2D eigenvalue weighted by molar-refractivity contribution is 6.51. The minimum atomic E-state index is -0.729. The summed E-state index contributed by atoms with van der Waals surface area (Å²) in [5, 5.41) is 18.0. The van der Waals surface area contributed by atoms with Gasteiger partial charge in [-0.25, -0.2) is 5.43 Å². The third-order valence-electron chi connectivity index (χ3n) is 4.05. The lowest BCUT2D eigenvalue weighted by Crippen LogP contribution is -2.27. The average molecular weight is 412 g/mol. The normalized spacial score (nSPS) is 13.8. The highest BCUT2D eigenvalue weighted by Gasteiger charge is 2.16. The van der Waals surface area contributed by atoms with Gasteiger partial charge in [0.1, 0.15) is 6.07 Å². The molecule has 28 heavy (non-hydrogen) atoms. The van der Waals surface area contributed by atoms with Crippen molar-refractivity contribution in [2.24, 2.45) is 10.2 Å². The molecule has 0 radical (unpaired) electrons. The number of carbonyl (C=O) groups is 1. The van der Waals surface area contributed by atoms with Gasteiger partial charge >= 0.3 is 5.91 Å². The zero-order valence-electron chi connectivity index (χ0n) is 14.6. The van der Waals surface area contributed by atoms with E-state index < -0.39 is 5.91 Å². The first-order valence-electron chi connectivity index (χ1n) is 8.38. The monoisotopic (exact) mass is 411 g/mol. The van der Waals surface area contributed by atoms with Gasteiger partial charge in [-0.15, -0.1) is 0 Å². The van der Waals surface area contributed by atoms with E-state index in [2.05, 4.69) is 21.1 Å². The Morgan fingerprint density at radius 3 is 2.61 bits per heavy atom. The molecular formula is C20H15Cl2N5O. The number of benzene rings is 2. The lowest BCUT2D eigenvalue weighted by molar-refractivity contribution is -0.114. The van der Waals surface area contributed by atoms with Gasteiger partial charge in [-0.05, 0) is 53.8 Å². The summed E-state index contributed by atoms with van der Waals surface area (Å²) in [5.74, 6) is -0.729. The number of hydrogen-bond donors (Lipinski definition) is 2. The zero-order valence-corrected chi connectivity index (χ0v) is 16.1. The highest BCUT2D eigenvalue weighted by atomic mass is 35.5. The number of anilines is 1. The van der Waals surface area contributed by atoms with E-state index in [4.69, 9.17) is 28.5 Å². The van der Waals surface area contributed by atoms with Crippen molar-refractivity contribution in [1.29, 1.82) is 5.26 Å². The van der Waals surface area contributed by atoms with Crippen molar-refractivity contribution in [2.75, 3.05) is 5.43 Å². The van der Waals surface area contributed by atoms with E-state index in [9.17, 15) is 4.79 Å². The lowest BCUT2D eigenvalue weighted by Gasteiger charge is -2.17. The first kappa shape index (κ1) is 19.6. The Kier molecular flexibility index (Phi) is 6.43. The number of nitrogens with one attached hydrogen (secondary N) is 2. The van der Waals surface area contributed by atoms with Crippen LogP contribution in [0.25, 0.3) is 5.03 Å². The van der Waals surface area contributed by atoms with Gasteiger partial charge in [0.05, 0.1) is 16.9 Å².